The Morgan fingerprint density at radius 2 is 1.60 bits per heavy atom. The monoisotopic (exact) mass is 264 g/mol. The van der Waals surface area contributed by atoms with Crippen molar-refractivity contribution in [2.24, 2.45) is 0 Å². The van der Waals surface area contributed by atoms with Crippen molar-refractivity contribution < 1.29 is 4.74 Å². The normalized spacial score (nSPS) is 12.3. The van der Waals surface area contributed by atoms with Crippen LogP contribution in [0.5, 0.6) is 0 Å². The first kappa shape index (κ1) is 14.1. The molecular weight excluding hydrogens is 244 g/mol. The van der Waals surface area contributed by atoms with Crippen LogP contribution in [0.25, 0.3) is 0 Å². The van der Waals surface area contributed by atoms with Gasteiger partial charge in [0.25, 0.3) is 0 Å². The Morgan fingerprint density at radius 3 is 2.20 bits per heavy atom. The molecule has 0 saturated carbocycles. The van der Waals surface area contributed by atoms with E-state index in [4.69, 9.17) is 4.74 Å². The molecule has 2 aromatic carbocycles. The lowest BCUT2D eigenvalue weighted by atomic mass is 9.98. The third kappa shape index (κ3) is 3.61. The molecule has 20 heavy (non-hydrogen) atoms. The molecule has 1 nitrogen and oxygen atoms in total. The predicted octanol–water partition coefficient (Wildman–Crippen LogP) is 5.11. The number of ether oxygens (including phenoxy) is 1. The quantitative estimate of drug-likeness (QED) is 0.538. The average Bonchev–Trinajstić information content (AvgIpc) is 2.43. The summed E-state index contributed by atoms with van der Waals surface area (Å²) in [5, 5.41) is 0. The largest absolute Gasteiger partial charge is 0.489 e. The first-order valence-corrected chi connectivity index (χ1v) is 6.77. The van der Waals surface area contributed by atoms with E-state index >= 15 is 0 Å². The lowest BCUT2D eigenvalue weighted by Gasteiger charge is -2.18. The van der Waals surface area contributed by atoms with Crippen LogP contribution in [0.2, 0.25) is 0 Å². The Labute approximate surface area is 121 Å². The second kappa shape index (κ2) is 6.76. The number of hydrogen-bond donors (Lipinski definition) is 0. The highest BCUT2D eigenvalue weighted by Gasteiger charge is 2.14. The molecule has 0 N–H and O–H groups in total. The molecule has 0 fully saturated rings. The average molecular weight is 264 g/mol. The smallest absolute Gasteiger partial charge is 0.148 e. The van der Waals surface area contributed by atoms with E-state index in [2.05, 4.69) is 50.8 Å². The van der Waals surface area contributed by atoms with Crippen molar-refractivity contribution in [2.75, 3.05) is 0 Å². The van der Waals surface area contributed by atoms with E-state index in [9.17, 15) is 0 Å². The fraction of sp³-hybridized carbons (Fsp3) is 0.158. The highest BCUT2D eigenvalue weighted by atomic mass is 16.5. The van der Waals surface area contributed by atoms with Gasteiger partial charge in [-0.05, 0) is 31.1 Å². The minimum absolute atomic E-state index is 0.0917. The van der Waals surface area contributed by atoms with Crippen LogP contribution in [0.3, 0.4) is 0 Å². The van der Waals surface area contributed by atoms with Crippen LogP contribution in [0, 0.1) is 13.8 Å². The van der Waals surface area contributed by atoms with Crippen LogP contribution < -0.4 is 0 Å². The lowest BCUT2D eigenvalue weighted by Crippen LogP contribution is -2.03. The highest BCUT2D eigenvalue weighted by molar-refractivity contribution is 5.35. The first-order valence-electron chi connectivity index (χ1n) is 6.77. The Hall–Kier alpha value is -2.28. The minimum Gasteiger partial charge on any atom is -0.489 e. The van der Waals surface area contributed by atoms with Gasteiger partial charge >= 0.3 is 0 Å². The summed E-state index contributed by atoms with van der Waals surface area (Å²) >= 11 is 0. The molecule has 0 amide bonds. The summed E-state index contributed by atoms with van der Waals surface area (Å²) in [6, 6.07) is 16.8. The van der Waals surface area contributed by atoms with Crippen LogP contribution in [-0.4, -0.2) is 0 Å². The Bertz CT molecular complexity index is 576. The number of hydrogen-bond acceptors (Lipinski definition) is 1. The van der Waals surface area contributed by atoms with Crippen LogP contribution >= 0.6 is 0 Å². The zero-order chi connectivity index (χ0) is 14.4. The van der Waals surface area contributed by atoms with Crippen molar-refractivity contribution in [1.29, 1.82) is 0 Å². The van der Waals surface area contributed by atoms with E-state index in [1.54, 1.807) is 18.4 Å². The van der Waals surface area contributed by atoms with Crippen LogP contribution in [0.1, 0.15) is 28.4 Å². The van der Waals surface area contributed by atoms with Gasteiger partial charge in [-0.25, -0.2) is 0 Å². The second-order valence-corrected chi connectivity index (χ2v) is 4.91. The standard InChI is InChI=1S/C19H20O/c1-4-5-11-20-19(17-9-7-6-8-10-17)18-13-15(2)12-16(3)14-18/h4-14,19H,1H2,2-3H3. The summed E-state index contributed by atoms with van der Waals surface area (Å²) in [5.74, 6) is 0. The molecule has 1 heteroatoms. The molecule has 2 aromatic rings. The maximum Gasteiger partial charge on any atom is 0.148 e. The molecule has 0 aliphatic heterocycles. The SMILES string of the molecule is C=CC=COC(c1ccccc1)c1cc(C)cc(C)c1. The van der Waals surface area contributed by atoms with E-state index in [1.165, 1.54) is 16.7 Å². The van der Waals surface area contributed by atoms with Gasteiger partial charge in [-0.3, -0.25) is 0 Å². The maximum absolute atomic E-state index is 5.91. The molecule has 0 aliphatic carbocycles. The van der Waals surface area contributed by atoms with Crippen molar-refractivity contribution in [3.63, 3.8) is 0 Å². The van der Waals surface area contributed by atoms with Gasteiger partial charge in [0.15, 0.2) is 0 Å². The number of benzene rings is 2. The van der Waals surface area contributed by atoms with Crippen molar-refractivity contribution >= 4 is 0 Å². The van der Waals surface area contributed by atoms with Gasteiger partial charge in [-0.15, -0.1) is 0 Å². The second-order valence-electron chi connectivity index (χ2n) is 4.91. The zero-order valence-corrected chi connectivity index (χ0v) is 12.0. The number of aryl methyl sites for hydroxylation is 2. The molecule has 1 unspecified atom stereocenters. The summed E-state index contributed by atoms with van der Waals surface area (Å²) < 4.78 is 5.91. The summed E-state index contributed by atoms with van der Waals surface area (Å²) in [5.41, 5.74) is 4.81. The molecule has 0 spiro atoms. The Balaban J connectivity index is 2.40. The molecule has 0 bridgehead atoms. The van der Waals surface area contributed by atoms with Crippen molar-refractivity contribution in [1.82, 2.24) is 0 Å². The summed E-state index contributed by atoms with van der Waals surface area (Å²) in [6.45, 7) is 7.88. The molecule has 1 atom stereocenters. The molecule has 0 radical (unpaired) electrons. The summed E-state index contributed by atoms with van der Waals surface area (Å²) in [7, 11) is 0. The summed E-state index contributed by atoms with van der Waals surface area (Å²) in [4.78, 5) is 0. The Morgan fingerprint density at radius 1 is 0.950 bits per heavy atom. The van der Waals surface area contributed by atoms with E-state index in [0.717, 1.165) is 5.56 Å². The van der Waals surface area contributed by atoms with Gasteiger partial charge in [-0.1, -0.05) is 72.3 Å². The molecule has 0 saturated heterocycles. The zero-order valence-electron chi connectivity index (χ0n) is 12.0. The number of rotatable bonds is 5. The van der Waals surface area contributed by atoms with Gasteiger partial charge in [0, 0.05) is 0 Å². The predicted molar refractivity (Wildman–Crippen MR) is 84.6 cm³/mol. The van der Waals surface area contributed by atoms with Crippen LogP contribution in [-0.2, 0) is 4.74 Å². The van der Waals surface area contributed by atoms with Crippen LogP contribution in [0.4, 0.5) is 0 Å². The maximum atomic E-state index is 5.91. The molecule has 102 valence electrons. The number of allylic oxidation sites excluding steroid dienone is 2. The molecule has 0 aliphatic rings. The lowest BCUT2D eigenvalue weighted by molar-refractivity contribution is 0.183. The fourth-order valence-electron chi connectivity index (χ4n) is 2.32. The third-order valence-electron chi connectivity index (χ3n) is 3.08. The first-order chi connectivity index (χ1) is 9.70. The molecule has 0 heterocycles. The molecule has 2 rings (SSSR count). The van der Waals surface area contributed by atoms with Gasteiger partial charge in [0.05, 0.1) is 6.26 Å². The van der Waals surface area contributed by atoms with Crippen molar-refractivity contribution in [3.05, 3.63) is 95.8 Å². The molecule has 0 aromatic heterocycles. The third-order valence-corrected chi connectivity index (χ3v) is 3.08. The molecular formula is C19H20O. The van der Waals surface area contributed by atoms with E-state index in [0.29, 0.717) is 0 Å². The highest BCUT2D eigenvalue weighted by Crippen LogP contribution is 2.27. The van der Waals surface area contributed by atoms with Gasteiger partial charge < -0.3 is 4.74 Å². The van der Waals surface area contributed by atoms with E-state index < -0.39 is 0 Å². The van der Waals surface area contributed by atoms with Crippen molar-refractivity contribution in [3.8, 4) is 0 Å². The van der Waals surface area contributed by atoms with Crippen LogP contribution in [0.15, 0.2) is 73.5 Å². The van der Waals surface area contributed by atoms with E-state index in [1.807, 2.05) is 18.2 Å². The van der Waals surface area contributed by atoms with Gasteiger partial charge in [0.2, 0.25) is 0 Å². The minimum atomic E-state index is -0.0917. The topological polar surface area (TPSA) is 9.23 Å². The summed E-state index contributed by atoms with van der Waals surface area (Å²) in [6.07, 6.45) is 5.12. The van der Waals surface area contributed by atoms with Crippen molar-refractivity contribution in [2.45, 2.75) is 20.0 Å². The Kier molecular flexibility index (Phi) is 4.78. The van der Waals surface area contributed by atoms with Gasteiger partial charge in [-0.2, -0.15) is 0 Å². The van der Waals surface area contributed by atoms with E-state index in [-0.39, 0.29) is 6.10 Å². The fourth-order valence-corrected chi connectivity index (χ4v) is 2.32. The van der Waals surface area contributed by atoms with Gasteiger partial charge in [0.1, 0.15) is 6.10 Å².